The van der Waals surface area contributed by atoms with Crippen molar-refractivity contribution in [3.05, 3.63) is 29.0 Å². The summed E-state index contributed by atoms with van der Waals surface area (Å²) in [5.41, 5.74) is 1.00. The standard InChI is InChI=1S/C13H17N3OS/c1-4-16-12(14-15-13(16)18)10-6-5-7-11(8-10)17-9(2)3/h5-9H,4H2,1-3H3,(H,15,18). The third-order valence-corrected chi connectivity index (χ3v) is 2.85. The minimum Gasteiger partial charge on any atom is -0.491 e. The number of aromatic amines is 1. The molecule has 0 unspecified atom stereocenters. The summed E-state index contributed by atoms with van der Waals surface area (Å²) in [6, 6.07) is 7.90. The smallest absolute Gasteiger partial charge is 0.195 e. The first-order valence-corrected chi connectivity index (χ1v) is 6.45. The van der Waals surface area contributed by atoms with Gasteiger partial charge >= 0.3 is 0 Å². The summed E-state index contributed by atoms with van der Waals surface area (Å²) in [6.45, 7) is 6.85. The minimum absolute atomic E-state index is 0.159. The molecule has 0 aliphatic heterocycles. The normalized spacial score (nSPS) is 10.9. The van der Waals surface area contributed by atoms with Gasteiger partial charge < -0.3 is 9.30 Å². The number of aromatic nitrogens is 3. The number of H-pyrrole nitrogens is 1. The van der Waals surface area contributed by atoms with E-state index in [2.05, 4.69) is 10.2 Å². The Balaban J connectivity index is 2.41. The van der Waals surface area contributed by atoms with E-state index >= 15 is 0 Å². The molecule has 0 saturated heterocycles. The van der Waals surface area contributed by atoms with Crippen LogP contribution in [0.4, 0.5) is 0 Å². The lowest BCUT2D eigenvalue weighted by molar-refractivity contribution is 0.242. The molecule has 0 fully saturated rings. The third-order valence-electron chi connectivity index (χ3n) is 2.54. The maximum Gasteiger partial charge on any atom is 0.195 e. The predicted octanol–water partition coefficient (Wildman–Crippen LogP) is 3.41. The molecule has 0 radical (unpaired) electrons. The van der Waals surface area contributed by atoms with E-state index < -0.39 is 0 Å². The SMILES string of the molecule is CCn1c(-c2cccc(OC(C)C)c2)n[nH]c1=S. The van der Waals surface area contributed by atoms with Crippen molar-refractivity contribution in [3.63, 3.8) is 0 Å². The van der Waals surface area contributed by atoms with Gasteiger partial charge in [0.25, 0.3) is 0 Å². The second-order valence-corrected chi connectivity index (χ2v) is 4.68. The van der Waals surface area contributed by atoms with E-state index in [9.17, 15) is 0 Å². The van der Waals surface area contributed by atoms with Crippen LogP contribution in [0.2, 0.25) is 0 Å². The summed E-state index contributed by atoms with van der Waals surface area (Å²) in [4.78, 5) is 0. The Morgan fingerprint density at radius 1 is 1.44 bits per heavy atom. The highest BCUT2D eigenvalue weighted by molar-refractivity contribution is 7.71. The van der Waals surface area contributed by atoms with Crippen LogP contribution in [0.3, 0.4) is 0 Å². The van der Waals surface area contributed by atoms with Crippen molar-refractivity contribution in [2.45, 2.75) is 33.4 Å². The maximum atomic E-state index is 5.68. The molecule has 0 aliphatic rings. The maximum absolute atomic E-state index is 5.68. The molecule has 0 bridgehead atoms. The van der Waals surface area contributed by atoms with E-state index in [0.717, 1.165) is 23.7 Å². The van der Waals surface area contributed by atoms with Crippen LogP contribution >= 0.6 is 12.2 Å². The molecule has 96 valence electrons. The molecule has 1 aromatic heterocycles. The molecule has 0 aliphatic carbocycles. The van der Waals surface area contributed by atoms with Gasteiger partial charge in [0.15, 0.2) is 10.6 Å². The molecular weight excluding hydrogens is 246 g/mol. The van der Waals surface area contributed by atoms with E-state index in [1.165, 1.54) is 0 Å². The first kappa shape index (κ1) is 12.8. The van der Waals surface area contributed by atoms with E-state index in [1.54, 1.807) is 0 Å². The zero-order valence-electron chi connectivity index (χ0n) is 10.8. The number of nitrogens with zero attached hydrogens (tertiary/aromatic N) is 2. The Hall–Kier alpha value is -1.62. The number of ether oxygens (including phenoxy) is 1. The van der Waals surface area contributed by atoms with Crippen LogP contribution in [0.1, 0.15) is 20.8 Å². The summed E-state index contributed by atoms with van der Waals surface area (Å²) < 4.78 is 8.29. The van der Waals surface area contributed by atoms with Gasteiger partial charge in [-0.2, -0.15) is 5.10 Å². The van der Waals surface area contributed by atoms with Gasteiger partial charge in [0.2, 0.25) is 0 Å². The number of rotatable bonds is 4. The molecule has 1 aromatic carbocycles. The Labute approximate surface area is 112 Å². The summed E-state index contributed by atoms with van der Waals surface area (Å²) in [7, 11) is 0. The van der Waals surface area contributed by atoms with Crippen molar-refractivity contribution in [2.24, 2.45) is 0 Å². The van der Waals surface area contributed by atoms with Crippen molar-refractivity contribution >= 4 is 12.2 Å². The quantitative estimate of drug-likeness (QED) is 0.860. The highest BCUT2D eigenvalue weighted by atomic mass is 32.1. The summed E-state index contributed by atoms with van der Waals surface area (Å²) in [5.74, 6) is 1.69. The molecule has 2 aromatic rings. The fourth-order valence-corrected chi connectivity index (χ4v) is 2.07. The van der Waals surface area contributed by atoms with Crippen LogP contribution in [0, 0.1) is 4.77 Å². The van der Waals surface area contributed by atoms with E-state index in [0.29, 0.717) is 4.77 Å². The Morgan fingerprint density at radius 2 is 2.22 bits per heavy atom. The largest absolute Gasteiger partial charge is 0.491 e. The fraction of sp³-hybridized carbons (Fsp3) is 0.385. The molecule has 2 rings (SSSR count). The molecule has 18 heavy (non-hydrogen) atoms. The molecule has 5 heteroatoms. The number of hydrogen-bond donors (Lipinski definition) is 1. The first-order chi connectivity index (χ1) is 8.61. The lowest BCUT2D eigenvalue weighted by Crippen LogP contribution is -2.05. The Bertz CT molecular complexity index is 586. The van der Waals surface area contributed by atoms with Crippen molar-refractivity contribution in [1.29, 1.82) is 0 Å². The molecule has 0 spiro atoms. The van der Waals surface area contributed by atoms with Gasteiger partial charge in [0.1, 0.15) is 5.75 Å². The monoisotopic (exact) mass is 263 g/mol. The van der Waals surface area contributed by atoms with E-state index in [4.69, 9.17) is 17.0 Å². The summed E-state index contributed by atoms with van der Waals surface area (Å²) in [6.07, 6.45) is 0.159. The number of benzene rings is 1. The summed E-state index contributed by atoms with van der Waals surface area (Å²) in [5, 5.41) is 7.09. The molecule has 1 N–H and O–H groups in total. The molecule has 0 atom stereocenters. The second-order valence-electron chi connectivity index (χ2n) is 4.29. The molecule has 0 saturated carbocycles. The molecular formula is C13H17N3OS. The van der Waals surface area contributed by atoms with Gasteiger partial charge in [-0.05, 0) is 45.1 Å². The van der Waals surface area contributed by atoms with Gasteiger partial charge in [-0.25, -0.2) is 0 Å². The molecule has 1 heterocycles. The van der Waals surface area contributed by atoms with Crippen molar-refractivity contribution in [3.8, 4) is 17.1 Å². The van der Waals surface area contributed by atoms with Crippen LogP contribution in [-0.2, 0) is 6.54 Å². The Morgan fingerprint density at radius 3 is 2.89 bits per heavy atom. The first-order valence-electron chi connectivity index (χ1n) is 6.04. The zero-order valence-corrected chi connectivity index (χ0v) is 11.6. The van der Waals surface area contributed by atoms with Crippen LogP contribution < -0.4 is 4.74 Å². The minimum atomic E-state index is 0.159. The average molecular weight is 263 g/mol. The van der Waals surface area contributed by atoms with E-state index in [-0.39, 0.29) is 6.10 Å². The van der Waals surface area contributed by atoms with Gasteiger partial charge in [-0.3, -0.25) is 5.10 Å². The Kier molecular flexibility index (Phi) is 3.81. The third kappa shape index (κ3) is 2.61. The van der Waals surface area contributed by atoms with E-state index in [1.807, 2.05) is 49.6 Å². The summed E-state index contributed by atoms with van der Waals surface area (Å²) >= 11 is 5.19. The van der Waals surface area contributed by atoms with Crippen LogP contribution in [-0.4, -0.2) is 20.9 Å². The van der Waals surface area contributed by atoms with Crippen LogP contribution in [0.15, 0.2) is 24.3 Å². The lowest BCUT2D eigenvalue weighted by atomic mass is 10.2. The second kappa shape index (κ2) is 5.35. The average Bonchev–Trinajstić information content (AvgIpc) is 2.70. The van der Waals surface area contributed by atoms with Crippen LogP contribution in [0.5, 0.6) is 5.75 Å². The highest BCUT2D eigenvalue weighted by Gasteiger charge is 2.08. The van der Waals surface area contributed by atoms with Crippen molar-refractivity contribution < 1.29 is 4.74 Å². The predicted molar refractivity (Wildman–Crippen MR) is 74.3 cm³/mol. The fourth-order valence-electron chi connectivity index (χ4n) is 1.81. The number of nitrogens with one attached hydrogen (secondary N) is 1. The highest BCUT2D eigenvalue weighted by Crippen LogP contribution is 2.23. The van der Waals surface area contributed by atoms with Gasteiger partial charge in [-0.15, -0.1) is 0 Å². The van der Waals surface area contributed by atoms with Gasteiger partial charge in [-0.1, -0.05) is 12.1 Å². The molecule has 0 amide bonds. The van der Waals surface area contributed by atoms with Crippen molar-refractivity contribution in [2.75, 3.05) is 0 Å². The number of hydrogen-bond acceptors (Lipinski definition) is 3. The zero-order chi connectivity index (χ0) is 13.1. The van der Waals surface area contributed by atoms with Crippen molar-refractivity contribution in [1.82, 2.24) is 14.8 Å². The molecule has 4 nitrogen and oxygen atoms in total. The topological polar surface area (TPSA) is 42.8 Å². The van der Waals surface area contributed by atoms with Crippen LogP contribution in [0.25, 0.3) is 11.4 Å². The van der Waals surface area contributed by atoms with Gasteiger partial charge in [0, 0.05) is 12.1 Å². The lowest BCUT2D eigenvalue weighted by Gasteiger charge is -2.11. The van der Waals surface area contributed by atoms with Gasteiger partial charge in [0.05, 0.1) is 6.10 Å².